The maximum absolute atomic E-state index is 14.8. The minimum absolute atomic E-state index is 0.0272. The zero-order valence-corrected chi connectivity index (χ0v) is 16.7. The molecule has 29 heavy (non-hydrogen) atoms. The lowest BCUT2D eigenvalue weighted by Gasteiger charge is -2.28. The fourth-order valence-electron chi connectivity index (χ4n) is 4.44. The molecule has 2 heterocycles. The normalized spacial score (nSPS) is 15.6. The van der Waals surface area contributed by atoms with Gasteiger partial charge in [0.1, 0.15) is 11.6 Å². The predicted molar refractivity (Wildman–Crippen MR) is 111 cm³/mol. The van der Waals surface area contributed by atoms with E-state index >= 15 is 0 Å². The van der Waals surface area contributed by atoms with E-state index < -0.39 is 17.6 Å². The van der Waals surface area contributed by atoms with Gasteiger partial charge in [-0.15, -0.1) is 0 Å². The molecule has 3 aromatic rings. The molecule has 1 amide bonds. The number of piperidine rings is 1. The minimum atomic E-state index is -0.612. The Hall–Kier alpha value is -2.69. The largest absolute Gasteiger partial charge is 0.361 e. The van der Waals surface area contributed by atoms with Crippen LogP contribution in [0.4, 0.5) is 8.78 Å². The highest BCUT2D eigenvalue weighted by Gasteiger charge is 2.27. The molecule has 1 aromatic heterocycles. The van der Waals surface area contributed by atoms with Crippen LogP contribution in [0.3, 0.4) is 0 Å². The number of aryl methyl sites for hydroxylation is 1. The molecule has 1 fully saturated rings. The molecular weight excluding hydrogens is 370 g/mol. The Kier molecular flexibility index (Phi) is 5.65. The molecule has 1 saturated heterocycles. The van der Waals surface area contributed by atoms with Gasteiger partial charge in [-0.2, -0.15) is 0 Å². The van der Waals surface area contributed by atoms with Crippen molar-refractivity contribution in [3.8, 4) is 0 Å². The molecule has 0 spiro atoms. The standard InChI is InChI=1S/C24H26F2N2O/c1-2-16-7-6-8-19-21(15-27-24(16)19)20(18-10-9-17(25)13-22(18)26)14-23(29)28-11-4-3-5-12-28/h6-10,13,15,20,27H,2-5,11-12,14H2,1H3. The SMILES string of the molecule is CCc1cccc2c(C(CC(=O)N3CCCCC3)c3ccc(F)cc3F)c[nH]c12. The van der Waals surface area contributed by atoms with Gasteiger partial charge in [-0.25, -0.2) is 8.78 Å². The van der Waals surface area contributed by atoms with Crippen LogP contribution in [0.5, 0.6) is 0 Å². The number of para-hydroxylation sites is 1. The van der Waals surface area contributed by atoms with E-state index in [1.807, 2.05) is 23.2 Å². The quantitative estimate of drug-likeness (QED) is 0.604. The summed E-state index contributed by atoms with van der Waals surface area (Å²) in [6, 6.07) is 9.70. The molecule has 2 aromatic carbocycles. The van der Waals surface area contributed by atoms with Crippen molar-refractivity contribution >= 4 is 16.8 Å². The van der Waals surface area contributed by atoms with Crippen molar-refractivity contribution in [2.75, 3.05) is 13.1 Å². The first kappa shape index (κ1) is 19.6. The second-order valence-corrected chi connectivity index (χ2v) is 7.80. The van der Waals surface area contributed by atoms with E-state index in [1.54, 1.807) is 0 Å². The van der Waals surface area contributed by atoms with E-state index in [4.69, 9.17) is 0 Å². The molecule has 0 bridgehead atoms. The molecular formula is C24H26F2N2O. The summed E-state index contributed by atoms with van der Waals surface area (Å²) in [6.45, 7) is 3.60. The number of nitrogens with one attached hydrogen (secondary N) is 1. The molecule has 4 rings (SSSR count). The third kappa shape index (κ3) is 3.91. The summed E-state index contributed by atoms with van der Waals surface area (Å²) in [4.78, 5) is 18.2. The maximum atomic E-state index is 14.8. The van der Waals surface area contributed by atoms with Gasteiger partial charge in [-0.05, 0) is 48.4 Å². The number of aromatic nitrogens is 1. The molecule has 1 N–H and O–H groups in total. The molecule has 5 heteroatoms. The van der Waals surface area contributed by atoms with E-state index in [0.717, 1.165) is 61.3 Å². The molecule has 0 aliphatic carbocycles. The zero-order chi connectivity index (χ0) is 20.4. The lowest BCUT2D eigenvalue weighted by Crippen LogP contribution is -2.36. The zero-order valence-electron chi connectivity index (χ0n) is 16.7. The van der Waals surface area contributed by atoms with Gasteiger partial charge >= 0.3 is 0 Å². The molecule has 1 aliphatic rings. The Bertz CT molecular complexity index is 1020. The van der Waals surface area contributed by atoms with Crippen molar-refractivity contribution in [3.05, 3.63) is 70.9 Å². The number of likely N-dealkylation sites (tertiary alicyclic amines) is 1. The number of nitrogens with zero attached hydrogens (tertiary/aromatic N) is 1. The number of rotatable bonds is 5. The van der Waals surface area contributed by atoms with Crippen LogP contribution in [-0.2, 0) is 11.2 Å². The number of benzene rings is 2. The van der Waals surface area contributed by atoms with E-state index in [2.05, 4.69) is 18.0 Å². The summed E-state index contributed by atoms with van der Waals surface area (Å²) in [5.74, 6) is -1.66. The van der Waals surface area contributed by atoms with Crippen LogP contribution in [-0.4, -0.2) is 28.9 Å². The Morgan fingerprint density at radius 1 is 1.10 bits per heavy atom. The third-order valence-electron chi connectivity index (χ3n) is 6.02. The minimum Gasteiger partial charge on any atom is -0.361 e. The van der Waals surface area contributed by atoms with E-state index in [1.165, 1.54) is 17.7 Å². The number of H-pyrrole nitrogens is 1. The lowest BCUT2D eigenvalue weighted by atomic mass is 9.87. The van der Waals surface area contributed by atoms with Crippen LogP contribution in [0.2, 0.25) is 0 Å². The molecule has 0 saturated carbocycles. The third-order valence-corrected chi connectivity index (χ3v) is 6.02. The van der Waals surface area contributed by atoms with Crippen molar-refractivity contribution in [1.29, 1.82) is 0 Å². The smallest absolute Gasteiger partial charge is 0.223 e. The van der Waals surface area contributed by atoms with Crippen LogP contribution in [0, 0.1) is 11.6 Å². The first-order chi connectivity index (χ1) is 14.1. The molecule has 0 radical (unpaired) electrons. The average molecular weight is 396 g/mol. The van der Waals surface area contributed by atoms with Gasteiger partial charge in [0.25, 0.3) is 0 Å². The van der Waals surface area contributed by atoms with Gasteiger partial charge < -0.3 is 9.88 Å². The van der Waals surface area contributed by atoms with Gasteiger partial charge in [0.2, 0.25) is 5.91 Å². The van der Waals surface area contributed by atoms with Crippen molar-refractivity contribution in [2.45, 2.75) is 44.9 Å². The summed E-state index contributed by atoms with van der Waals surface area (Å²) in [7, 11) is 0. The molecule has 1 atom stereocenters. The summed E-state index contributed by atoms with van der Waals surface area (Å²) in [5, 5.41) is 0.990. The second kappa shape index (κ2) is 8.36. The first-order valence-electron chi connectivity index (χ1n) is 10.4. The number of fused-ring (bicyclic) bond motifs is 1. The van der Waals surface area contributed by atoms with Gasteiger partial charge in [0, 0.05) is 48.6 Å². The van der Waals surface area contributed by atoms with Crippen molar-refractivity contribution in [1.82, 2.24) is 9.88 Å². The second-order valence-electron chi connectivity index (χ2n) is 7.80. The number of hydrogen-bond donors (Lipinski definition) is 1. The highest BCUT2D eigenvalue weighted by molar-refractivity contribution is 5.88. The maximum Gasteiger partial charge on any atom is 0.223 e. The number of halogens is 2. The number of amides is 1. The highest BCUT2D eigenvalue weighted by Crippen LogP contribution is 2.36. The fourth-order valence-corrected chi connectivity index (χ4v) is 4.44. The Balaban J connectivity index is 1.77. The number of carbonyl (C=O) groups excluding carboxylic acids is 1. The molecule has 1 unspecified atom stereocenters. The highest BCUT2D eigenvalue weighted by atomic mass is 19.1. The Morgan fingerprint density at radius 3 is 2.62 bits per heavy atom. The Morgan fingerprint density at radius 2 is 1.90 bits per heavy atom. The predicted octanol–water partition coefficient (Wildman–Crippen LogP) is 5.54. The summed E-state index contributed by atoms with van der Waals surface area (Å²) < 4.78 is 28.3. The number of hydrogen-bond acceptors (Lipinski definition) is 1. The van der Waals surface area contributed by atoms with Crippen molar-refractivity contribution in [3.63, 3.8) is 0 Å². The Labute approximate surface area is 169 Å². The summed E-state index contributed by atoms with van der Waals surface area (Å²) in [6.07, 6.45) is 6.08. The number of carbonyl (C=O) groups is 1. The summed E-state index contributed by atoms with van der Waals surface area (Å²) >= 11 is 0. The van der Waals surface area contributed by atoms with Crippen LogP contribution >= 0.6 is 0 Å². The van der Waals surface area contributed by atoms with Crippen LogP contribution < -0.4 is 0 Å². The van der Waals surface area contributed by atoms with Crippen LogP contribution in [0.1, 0.15) is 55.2 Å². The van der Waals surface area contributed by atoms with Gasteiger partial charge in [-0.1, -0.05) is 31.2 Å². The molecule has 3 nitrogen and oxygen atoms in total. The topological polar surface area (TPSA) is 36.1 Å². The van der Waals surface area contributed by atoms with Crippen LogP contribution in [0.15, 0.2) is 42.6 Å². The monoisotopic (exact) mass is 396 g/mol. The fraction of sp³-hybridized carbons (Fsp3) is 0.375. The van der Waals surface area contributed by atoms with Crippen molar-refractivity contribution < 1.29 is 13.6 Å². The first-order valence-corrected chi connectivity index (χ1v) is 10.4. The van der Waals surface area contributed by atoms with E-state index in [-0.39, 0.29) is 12.3 Å². The average Bonchev–Trinajstić information content (AvgIpc) is 3.17. The van der Waals surface area contributed by atoms with E-state index in [0.29, 0.717) is 5.56 Å². The van der Waals surface area contributed by atoms with Crippen LogP contribution in [0.25, 0.3) is 10.9 Å². The van der Waals surface area contributed by atoms with Gasteiger partial charge in [0.15, 0.2) is 0 Å². The lowest BCUT2D eigenvalue weighted by molar-refractivity contribution is -0.132. The van der Waals surface area contributed by atoms with E-state index in [9.17, 15) is 13.6 Å². The number of aromatic amines is 1. The van der Waals surface area contributed by atoms with Gasteiger partial charge in [0.05, 0.1) is 0 Å². The van der Waals surface area contributed by atoms with Crippen molar-refractivity contribution in [2.24, 2.45) is 0 Å². The summed E-state index contributed by atoms with van der Waals surface area (Å²) in [5.41, 5.74) is 3.43. The van der Waals surface area contributed by atoms with Gasteiger partial charge in [-0.3, -0.25) is 4.79 Å². The molecule has 1 aliphatic heterocycles. The molecule has 152 valence electrons.